The third-order valence-corrected chi connectivity index (χ3v) is 5.48. The lowest BCUT2D eigenvalue weighted by atomic mass is 9.98. The van der Waals surface area contributed by atoms with Gasteiger partial charge < -0.3 is 15.4 Å². The lowest BCUT2D eigenvalue weighted by Crippen LogP contribution is -2.44. The van der Waals surface area contributed by atoms with Crippen LogP contribution in [0.5, 0.6) is 0 Å². The van der Waals surface area contributed by atoms with E-state index in [0.717, 1.165) is 29.0 Å². The summed E-state index contributed by atoms with van der Waals surface area (Å²) in [4.78, 5) is 11.7. The summed E-state index contributed by atoms with van der Waals surface area (Å²) >= 11 is 0. The zero-order valence-electron chi connectivity index (χ0n) is 16.5. The van der Waals surface area contributed by atoms with Crippen LogP contribution in [-0.2, 0) is 4.74 Å². The molecule has 1 unspecified atom stereocenters. The number of para-hydroxylation sites is 1. The van der Waals surface area contributed by atoms with E-state index in [1.165, 1.54) is 6.07 Å². The molecule has 0 aliphatic carbocycles. The number of pyridine rings is 2. The Kier molecular flexibility index (Phi) is 4.55. The quantitative estimate of drug-likeness (QED) is 0.507. The van der Waals surface area contributed by atoms with Crippen LogP contribution in [0.3, 0.4) is 0 Å². The van der Waals surface area contributed by atoms with E-state index in [1.54, 1.807) is 18.5 Å². The fraction of sp³-hybridized carbons (Fsp3) is 0.227. The molecule has 1 aliphatic rings. The Morgan fingerprint density at radius 1 is 1.20 bits per heavy atom. The fourth-order valence-corrected chi connectivity index (χ4v) is 3.93. The number of hydrogen-bond acceptors (Lipinski definition) is 6. The number of aromatic amines is 1. The molecule has 3 aromatic heterocycles. The van der Waals surface area contributed by atoms with E-state index in [0.29, 0.717) is 30.0 Å². The summed E-state index contributed by atoms with van der Waals surface area (Å²) in [5.74, 6) is 0.340. The lowest BCUT2D eigenvalue weighted by Gasteiger charge is -2.34. The Balaban J connectivity index is 1.81. The molecule has 1 saturated heterocycles. The van der Waals surface area contributed by atoms with E-state index in [9.17, 15) is 4.39 Å². The second-order valence-electron chi connectivity index (χ2n) is 7.37. The third-order valence-electron chi connectivity index (χ3n) is 5.48. The van der Waals surface area contributed by atoms with E-state index in [2.05, 4.69) is 27.0 Å². The minimum atomic E-state index is -0.443. The Hall–Kier alpha value is -3.52. The van der Waals surface area contributed by atoms with Crippen molar-refractivity contribution in [3.63, 3.8) is 0 Å². The smallest absolute Gasteiger partial charge is 0.146 e. The summed E-state index contributed by atoms with van der Waals surface area (Å²) in [5.41, 5.74) is 9.85. The molecule has 1 aromatic carbocycles. The highest BCUT2D eigenvalue weighted by atomic mass is 19.1. The van der Waals surface area contributed by atoms with E-state index in [1.807, 2.05) is 24.3 Å². The Morgan fingerprint density at radius 3 is 2.90 bits per heavy atom. The summed E-state index contributed by atoms with van der Waals surface area (Å²) < 4.78 is 19.9. The SMILES string of the molecule is CC1COCCN1c1cc(-c2cccc(F)c2N)c2ccnc(-c3ccn[nH]3)c2n1. The zero-order chi connectivity index (χ0) is 20.7. The zero-order valence-corrected chi connectivity index (χ0v) is 16.5. The van der Waals surface area contributed by atoms with Gasteiger partial charge in [0.25, 0.3) is 0 Å². The topological polar surface area (TPSA) is 93.0 Å². The second kappa shape index (κ2) is 7.38. The Bertz CT molecular complexity index is 1210. The normalized spacial score (nSPS) is 16.9. The van der Waals surface area contributed by atoms with Gasteiger partial charge in [-0.05, 0) is 36.8 Å². The molecule has 0 bridgehead atoms. The number of nitrogens with one attached hydrogen (secondary N) is 1. The monoisotopic (exact) mass is 404 g/mol. The molecular formula is C22H21FN6O. The third kappa shape index (κ3) is 3.05. The molecule has 0 spiro atoms. The molecule has 1 atom stereocenters. The number of rotatable bonds is 3. The predicted molar refractivity (Wildman–Crippen MR) is 115 cm³/mol. The van der Waals surface area contributed by atoms with Crippen molar-refractivity contribution < 1.29 is 9.13 Å². The molecule has 0 radical (unpaired) electrons. The summed E-state index contributed by atoms with van der Waals surface area (Å²) in [7, 11) is 0. The first-order chi connectivity index (χ1) is 14.6. The van der Waals surface area contributed by atoms with Crippen molar-refractivity contribution in [2.45, 2.75) is 13.0 Å². The number of H-pyrrole nitrogens is 1. The molecule has 1 fully saturated rings. The van der Waals surface area contributed by atoms with Gasteiger partial charge in [-0.3, -0.25) is 10.1 Å². The molecule has 4 aromatic rings. The first-order valence-corrected chi connectivity index (χ1v) is 9.81. The summed E-state index contributed by atoms with van der Waals surface area (Å²) in [6, 6.07) is 10.7. The molecule has 0 amide bonds. The molecule has 4 heterocycles. The number of nitrogens with two attached hydrogens (primary N) is 1. The van der Waals surface area contributed by atoms with Crippen LogP contribution in [0.15, 0.2) is 48.8 Å². The minimum Gasteiger partial charge on any atom is -0.396 e. The van der Waals surface area contributed by atoms with Gasteiger partial charge in [0.2, 0.25) is 0 Å². The average molecular weight is 404 g/mol. The van der Waals surface area contributed by atoms with Gasteiger partial charge in [-0.25, -0.2) is 9.37 Å². The van der Waals surface area contributed by atoms with Crippen LogP contribution in [0.1, 0.15) is 6.92 Å². The number of nitrogens with zero attached hydrogens (tertiary/aromatic N) is 4. The van der Waals surface area contributed by atoms with Crippen LogP contribution in [0, 0.1) is 5.82 Å². The van der Waals surface area contributed by atoms with Crippen molar-refractivity contribution in [1.29, 1.82) is 0 Å². The molecule has 7 nitrogen and oxygen atoms in total. The van der Waals surface area contributed by atoms with Gasteiger partial charge in [0, 0.05) is 29.9 Å². The predicted octanol–water partition coefficient (Wildman–Crippen LogP) is 3.63. The standard InChI is InChI=1S/C22H21FN6O/c1-13-12-30-10-9-29(13)19-11-16(14-3-2-4-17(23)20(14)24)15-5-7-25-22(21(15)27-19)18-6-8-26-28-18/h2-8,11,13H,9-10,12,24H2,1H3,(H,26,28). The van der Waals surface area contributed by atoms with Crippen molar-refractivity contribution in [1.82, 2.24) is 20.2 Å². The number of morpholine rings is 1. The van der Waals surface area contributed by atoms with Crippen molar-refractivity contribution in [3.05, 3.63) is 54.6 Å². The van der Waals surface area contributed by atoms with Gasteiger partial charge in [0.1, 0.15) is 22.8 Å². The van der Waals surface area contributed by atoms with Crippen molar-refractivity contribution in [3.8, 4) is 22.5 Å². The van der Waals surface area contributed by atoms with Crippen molar-refractivity contribution in [2.75, 3.05) is 30.4 Å². The Labute approximate surface area is 172 Å². The highest BCUT2D eigenvalue weighted by Gasteiger charge is 2.23. The van der Waals surface area contributed by atoms with Crippen molar-refractivity contribution in [2.24, 2.45) is 0 Å². The average Bonchev–Trinajstić information content (AvgIpc) is 3.30. The number of ether oxygens (including phenoxy) is 1. The maximum atomic E-state index is 14.3. The van der Waals surface area contributed by atoms with E-state index in [4.69, 9.17) is 15.5 Å². The highest BCUT2D eigenvalue weighted by molar-refractivity contribution is 6.03. The molecule has 1 aliphatic heterocycles. The maximum absolute atomic E-state index is 14.3. The Morgan fingerprint density at radius 2 is 2.10 bits per heavy atom. The van der Waals surface area contributed by atoms with Gasteiger partial charge in [-0.1, -0.05) is 12.1 Å². The van der Waals surface area contributed by atoms with Gasteiger partial charge in [-0.2, -0.15) is 5.10 Å². The van der Waals surface area contributed by atoms with E-state index < -0.39 is 5.82 Å². The number of anilines is 2. The molecule has 0 saturated carbocycles. The number of benzene rings is 1. The fourth-order valence-electron chi connectivity index (χ4n) is 3.93. The number of hydrogen-bond donors (Lipinski definition) is 2. The molecule has 8 heteroatoms. The maximum Gasteiger partial charge on any atom is 0.146 e. The summed E-state index contributed by atoms with van der Waals surface area (Å²) in [6.45, 7) is 4.07. The molecular weight excluding hydrogens is 383 g/mol. The largest absolute Gasteiger partial charge is 0.396 e. The van der Waals surface area contributed by atoms with Gasteiger partial charge in [-0.15, -0.1) is 0 Å². The molecule has 30 heavy (non-hydrogen) atoms. The van der Waals surface area contributed by atoms with Crippen LogP contribution >= 0.6 is 0 Å². The van der Waals surface area contributed by atoms with Gasteiger partial charge >= 0.3 is 0 Å². The summed E-state index contributed by atoms with van der Waals surface area (Å²) in [5, 5.41) is 7.85. The number of halogens is 1. The van der Waals surface area contributed by atoms with Gasteiger partial charge in [0.05, 0.1) is 30.6 Å². The molecule has 3 N–H and O–H groups in total. The first kappa shape index (κ1) is 18.5. The number of aromatic nitrogens is 4. The van der Waals surface area contributed by atoms with Crippen molar-refractivity contribution >= 4 is 22.4 Å². The minimum absolute atomic E-state index is 0.117. The highest BCUT2D eigenvalue weighted by Crippen LogP contribution is 2.38. The van der Waals surface area contributed by atoms with E-state index >= 15 is 0 Å². The van der Waals surface area contributed by atoms with Crippen LogP contribution in [0.25, 0.3) is 33.4 Å². The van der Waals surface area contributed by atoms with Crippen LogP contribution in [-0.4, -0.2) is 46.0 Å². The summed E-state index contributed by atoms with van der Waals surface area (Å²) in [6.07, 6.45) is 3.39. The molecule has 5 rings (SSSR count). The van der Waals surface area contributed by atoms with Crippen LogP contribution in [0.4, 0.5) is 15.9 Å². The number of fused-ring (bicyclic) bond motifs is 1. The van der Waals surface area contributed by atoms with Crippen LogP contribution in [0.2, 0.25) is 0 Å². The second-order valence-corrected chi connectivity index (χ2v) is 7.37. The first-order valence-electron chi connectivity index (χ1n) is 9.81. The number of nitrogen functional groups attached to an aromatic ring is 1. The molecule has 152 valence electrons. The van der Waals surface area contributed by atoms with Gasteiger partial charge in [0.15, 0.2) is 0 Å². The lowest BCUT2D eigenvalue weighted by molar-refractivity contribution is 0.0986. The van der Waals surface area contributed by atoms with E-state index in [-0.39, 0.29) is 11.7 Å². The van der Waals surface area contributed by atoms with Crippen LogP contribution < -0.4 is 10.6 Å².